The SMILES string of the molecule is CC(O)CC1CCC(n2cc([N+](=O)[O-])c(C(F)F)n2)CC1. The summed E-state index contributed by atoms with van der Waals surface area (Å²) in [6.45, 7) is 1.75. The van der Waals surface area contributed by atoms with Crippen LogP contribution in [0, 0.1) is 16.0 Å². The van der Waals surface area contributed by atoms with Crippen LogP contribution in [0.3, 0.4) is 0 Å². The van der Waals surface area contributed by atoms with Gasteiger partial charge in [-0.15, -0.1) is 0 Å². The van der Waals surface area contributed by atoms with Crippen molar-refractivity contribution in [2.45, 2.75) is 57.6 Å². The summed E-state index contributed by atoms with van der Waals surface area (Å²) in [5.41, 5.74) is -1.37. The highest BCUT2D eigenvalue weighted by Gasteiger charge is 2.30. The zero-order valence-electron chi connectivity index (χ0n) is 11.8. The van der Waals surface area contributed by atoms with E-state index >= 15 is 0 Å². The quantitative estimate of drug-likeness (QED) is 0.669. The summed E-state index contributed by atoms with van der Waals surface area (Å²) < 4.78 is 26.8. The summed E-state index contributed by atoms with van der Waals surface area (Å²) in [5.74, 6) is 0.418. The summed E-state index contributed by atoms with van der Waals surface area (Å²) in [7, 11) is 0. The van der Waals surface area contributed by atoms with Gasteiger partial charge in [0.1, 0.15) is 6.20 Å². The molecule has 0 amide bonds. The Morgan fingerprint density at radius 2 is 2.10 bits per heavy atom. The van der Waals surface area contributed by atoms with E-state index < -0.39 is 22.7 Å². The number of nitro groups is 1. The number of alkyl halides is 2. The maximum absolute atomic E-state index is 12.8. The molecular formula is C13H19F2N3O3. The van der Waals surface area contributed by atoms with E-state index in [1.807, 2.05) is 0 Å². The highest BCUT2D eigenvalue weighted by Crippen LogP contribution is 2.36. The molecule has 1 heterocycles. The summed E-state index contributed by atoms with van der Waals surface area (Å²) in [5, 5.41) is 23.9. The molecule has 1 N–H and O–H groups in total. The number of hydrogen-bond donors (Lipinski definition) is 1. The van der Waals surface area contributed by atoms with Crippen molar-refractivity contribution >= 4 is 5.69 Å². The zero-order chi connectivity index (χ0) is 15.6. The van der Waals surface area contributed by atoms with Crippen LogP contribution >= 0.6 is 0 Å². The number of hydrogen-bond acceptors (Lipinski definition) is 4. The molecule has 0 aromatic carbocycles. The fourth-order valence-corrected chi connectivity index (χ4v) is 3.01. The third kappa shape index (κ3) is 3.75. The summed E-state index contributed by atoms with van der Waals surface area (Å²) >= 11 is 0. The molecule has 0 bridgehead atoms. The maximum atomic E-state index is 12.8. The molecule has 0 spiro atoms. The van der Waals surface area contributed by atoms with Crippen molar-refractivity contribution < 1.29 is 18.8 Å². The van der Waals surface area contributed by atoms with Crippen LogP contribution in [0.15, 0.2) is 6.20 Å². The lowest BCUT2D eigenvalue weighted by Gasteiger charge is -2.29. The normalized spacial score (nSPS) is 24.2. The highest BCUT2D eigenvalue weighted by atomic mass is 19.3. The van der Waals surface area contributed by atoms with Crippen molar-refractivity contribution in [3.63, 3.8) is 0 Å². The van der Waals surface area contributed by atoms with Gasteiger partial charge in [0.2, 0.25) is 5.69 Å². The van der Waals surface area contributed by atoms with Crippen LogP contribution in [-0.4, -0.2) is 25.9 Å². The van der Waals surface area contributed by atoms with Gasteiger partial charge in [-0.1, -0.05) is 0 Å². The number of rotatable bonds is 5. The third-order valence-corrected chi connectivity index (χ3v) is 4.01. The molecule has 21 heavy (non-hydrogen) atoms. The average Bonchev–Trinajstić information content (AvgIpc) is 2.84. The second kappa shape index (κ2) is 6.46. The van der Waals surface area contributed by atoms with Gasteiger partial charge in [-0.2, -0.15) is 5.10 Å². The maximum Gasteiger partial charge on any atom is 0.316 e. The first kappa shape index (κ1) is 15.8. The molecule has 1 aromatic rings. The van der Waals surface area contributed by atoms with Gasteiger partial charge >= 0.3 is 5.69 Å². The monoisotopic (exact) mass is 303 g/mol. The van der Waals surface area contributed by atoms with Gasteiger partial charge in [0.15, 0.2) is 0 Å². The van der Waals surface area contributed by atoms with Gasteiger partial charge in [-0.3, -0.25) is 14.8 Å². The molecule has 118 valence electrons. The van der Waals surface area contributed by atoms with E-state index in [1.165, 1.54) is 4.68 Å². The third-order valence-electron chi connectivity index (χ3n) is 4.01. The van der Waals surface area contributed by atoms with Gasteiger partial charge in [-0.05, 0) is 44.9 Å². The van der Waals surface area contributed by atoms with Crippen molar-refractivity contribution in [3.05, 3.63) is 22.0 Å². The van der Waals surface area contributed by atoms with Crippen LogP contribution < -0.4 is 0 Å². The number of aliphatic hydroxyl groups excluding tert-OH is 1. The van der Waals surface area contributed by atoms with Crippen molar-refractivity contribution in [2.24, 2.45) is 5.92 Å². The predicted molar refractivity (Wildman–Crippen MR) is 71.1 cm³/mol. The van der Waals surface area contributed by atoms with Crippen LogP contribution in [0.2, 0.25) is 0 Å². The van der Waals surface area contributed by atoms with Gasteiger partial charge in [0, 0.05) is 0 Å². The Labute approximate surface area is 120 Å². The lowest BCUT2D eigenvalue weighted by molar-refractivity contribution is -0.386. The van der Waals surface area contributed by atoms with E-state index in [-0.39, 0.29) is 12.1 Å². The standard InChI is InChI=1S/C13H19F2N3O3/c1-8(19)6-9-2-4-10(5-3-9)17-7-11(18(20)21)12(16-17)13(14)15/h7-10,13,19H,2-6H2,1H3. The molecule has 1 aliphatic carbocycles. The molecule has 1 unspecified atom stereocenters. The van der Waals surface area contributed by atoms with E-state index in [0.717, 1.165) is 38.3 Å². The summed E-state index contributed by atoms with van der Waals surface area (Å²) in [6.07, 6.45) is 1.76. The van der Waals surface area contributed by atoms with Crippen LogP contribution in [0.5, 0.6) is 0 Å². The first-order valence-electron chi connectivity index (χ1n) is 7.08. The fraction of sp³-hybridized carbons (Fsp3) is 0.769. The van der Waals surface area contributed by atoms with E-state index in [4.69, 9.17) is 0 Å². The number of halogens is 2. The van der Waals surface area contributed by atoms with Gasteiger partial charge in [0.05, 0.1) is 17.1 Å². The number of nitrogens with zero attached hydrogens (tertiary/aromatic N) is 3. The van der Waals surface area contributed by atoms with E-state index in [0.29, 0.717) is 5.92 Å². The largest absolute Gasteiger partial charge is 0.393 e. The second-order valence-electron chi connectivity index (χ2n) is 5.70. The number of aromatic nitrogens is 2. The molecule has 1 atom stereocenters. The van der Waals surface area contributed by atoms with Crippen molar-refractivity contribution in [3.8, 4) is 0 Å². The minimum absolute atomic E-state index is 0.0820. The average molecular weight is 303 g/mol. The Morgan fingerprint density at radius 3 is 2.52 bits per heavy atom. The second-order valence-corrected chi connectivity index (χ2v) is 5.70. The molecule has 0 radical (unpaired) electrons. The molecule has 1 saturated carbocycles. The Hall–Kier alpha value is -1.57. The fourth-order valence-electron chi connectivity index (χ4n) is 3.01. The van der Waals surface area contributed by atoms with Crippen molar-refractivity contribution in [1.29, 1.82) is 0 Å². The van der Waals surface area contributed by atoms with E-state index in [9.17, 15) is 24.0 Å². The Balaban J connectivity index is 2.07. The first-order chi connectivity index (χ1) is 9.88. The molecule has 8 heteroatoms. The Morgan fingerprint density at radius 1 is 1.48 bits per heavy atom. The molecular weight excluding hydrogens is 284 g/mol. The van der Waals surface area contributed by atoms with E-state index in [1.54, 1.807) is 6.92 Å². The molecule has 0 saturated heterocycles. The van der Waals surface area contributed by atoms with Crippen molar-refractivity contribution in [2.75, 3.05) is 0 Å². The topological polar surface area (TPSA) is 81.2 Å². The van der Waals surface area contributed by atoms with Gasteiger partial charge in [-0.25, -0.2) is 8.78 Å². The van der Waals surface area contributed by atoms with Crippen LogP contribution in [0.4, 0.5) is 14.5 Å². The molecule has 2 rings (SSSR count). The molecule has 1 fully saturated rings. The lowest BCUT2D eigenvalue weighted by Crippen LogP contribution is -2.21. The zero-order valence-corrected chi connectivity index (χ0v) is 11.8. The first-order valence-corrected chi connectivity index (χ1v) is 7.08. The smallest absolute Gasteiger partial charge is 0.316 e. The van der Waals surface area contributed by atoms with Crippen LogP contribution in [-0.2, 0) is 0 Å². The summed E-state index contributed by atoms with van der Waals surface area (Å²) in [6, 6.07) is -0.0820. The van der Waals surface area contributed by atoms with E-state index in [2.05, 4.69) is 5.10 Å². The number of aliphatic hydroxyl groups is 1. The molecule has 1 aliphatic rings. The van der Waals surface area contributed by atoms with Crippen LogP contribution in [0.1, 0.15) is 57.2 Å². The Kier molecular flexibility index (Phi) is 4.87. The highest BCUT2D eigenvalue weighted by molar-refractivity contribution is 5.33. The lowest BCUT2D eigenvalue weighted by atomic mass is 9.83. The molecule has 0 aliphatic heterocycles. The predicted octanol–water partition coefficient (Wildman–Crippen LogP) is 3.23. The summed E-state index contributed by atoms with van der Waals surface area (Å²) in [4.78, 5) is 9.97. The van der Waals surface area contributed by atoms with Crippen molar-refractivity contribution in [1.82, 2.24) is 9.78 Å². The Bertz CT molecular complexity index is 497. The minimum Gasteiger partial charge on any atom is -0.393 e. The minimum atomic E-state index is -2.95. The molecule has 1 aromatic heterocycles. The van der Waals surface area contributed by atoms with Gasteiger partial charge < -0.3 is 5.11 Å². The molecule has 6 nitrogen and oxygen atoms in total. The van der Waals surface area contributed by atoms with Crippen LogP contribution in [0.25, 0.3) is 0 Å². The van der Waals surface area contributed by atoms with Gasteiger partial charge in [0.25, 0.3) is 6.43 Å².